The third-order valence-electron chi connectivity index (χ3n) is 5.82. The van der Waals surface area contributed by atoms with Gasteiger partial charge in [0.25, 0.3) is 5.91 Å². The molecule has 2 aromatic rings. The van der Waals surface area contributed by atoms with Crippen LogP contribution in [-0.2, 0) is 11.2 Å². The number of carbonyl (C=O) groups excluding carboxylic acids is 2. The van der Waals surface area contributed by atoms with Crippen LogP contribution in [0, 0.1) is 5.92 Å². The number of piperidine rings is 1. The summed E-state index contributed by atoms with van der Waals surface area (Å²) in [4.78, 5) is 26.6. The molecule has 0 atom stereocenters. The summed E-state index contributed by atoms with van der Waals surface area (Å²) in [6.45, 7) is 4.73. The Morgan fingerprint density at radius 2 is 1.84 bits per heavy atom. The maximum atomic E-state index is 12.5. The molecule has 6 nitrogen and oxygen atoms in total. The number of carbonyl (C=O) groups is 2. The molecule has 0 spiro atoms. The summed E-state index contributed by atoms with van der Waals surface area (Å²) in [5.41, 5.74) is 2.55. The molecule has 1 aliphatic heterocycles. The molecule has 0 aliphatic carbocycles. The average molecular weight is 424 g/mol. The first-order valence-corrected chi connectivity index (χ1v) is 11.1. The van der Waals surface area contributed by atoms with Crippen molar-refractivity contribution in [2.75, 3.05) is 38.6 Å². The zero-order chi connectivity index (χ0) is 22.1. The summed E-state index contributed by atoms with van der Waals surface area (Å²) in [6, 6.07) is 15.4. The van der Waals surface area contributed by atoms with E-state index in [0.29, 0.717) is 30.3 Å². The van der Waals surface area contributed by atoms with Crippen LogP contribution in [0.25, 0.3) is 0 Å². The van der Waals surface area contributed by atoms with Crippen molar-refractivity contribution >= 4 is 17.5 Å². The van der Waals surface area contributed by atoms with Crippen LogP contribution < -0.4 is 15.4 Å². The predicted molar refractivity (Wildman–Crippen MR) is 124 cm³/mol. The van der Waals surface area contributed by atoms with Crippen molar-refractivity contribution in [3.8, 4) is 5.75 Å². The highest BCUT2D eigenvalue weighted by atomic mass is 16.5. The molecule has 2 aromatic carbocycles. The molecule has 0 aromatic heterocycles. The molecule has 2 amide bonds. The van der Waals surface area contributed by atoms with Crippen molar-refractivity contribution < 1.29 is 14.3 Å². The lowest BCUT2D eigenvalue weighted by molar-refractivity contribution is -0.117. The smallest absolute Gasteiger partial charge is 0.251 e. The van der Waals surface area contributed by atoms with E-state index in [1.165, 1.54) is 12.0 Å². The number of nitrogens with zero attached hydrogens (tertiary/aromatic N) is 1. The number of hydrogen-bond donors (Lipinski definition) is 2. The van der Waals surface area contributed by atoms with Crippen LogP contribution >= 0.6 is 0 Å². The quantitative estimate of drug-likeness (QED) is 0.645. The summed E-state index contributed by atoms with van der Waals surface area (Å²) in [5, 5.41) is 5.70. The number of methoxy groups -OCH3 is 1. The van der Waals surface area contributed by atoms with Gasteiger partial charge in [0.15, 0.2) is 0 Å². The number of ether oxygens (including phenoxy) is 1. The van der Waals surface area contributed by atoms with E-state index in [2.05, 4.69) is 27.7 Å². The number of amides is 2. The van der Waals surface area contributed by atoms with Crippen LogP contribution in [-0.4, -0.2) is 50.0 Å². The van der Waals surface area contributed by atoms with Crippen LogP contribution in [0.1, 0.15) is 42.1 Å². The summed E-state index contributed by atoms with van der Waals surface area (Å²) >= 11 is 0. The first-order valence-electron chi connectivity index (χ1n) is 11.1. The summed E-state index contributed by atoms with van der Waals surface area (Å²) < 4.78 is 5.21. The fourth-order valence-electron chi connectivity index (χ4n) is 4.00. The Bertz CT molecular complexity index is 859. The van der Waals surface area contributed by atoms with E-state index >= 15 is 0 Å². The maximum Gasteiger partial charge on any atom is 0.251 e. The van der Waals surface area contributed by atoms with Crippen molar-refractivity contribution in [3.05, 3.63) is 59.7 Å². The van der Waals surface area contributed by atoms with E-state index in [0.717, 1.165) is 38.1 Å². The Morgan fingerprint density at radius 3 is 2.52 bits per heavy atom. The molecule has 166 valence electrons. The normalized spacial score (nSPS) is 14.8. The van der Waals surface area contributed by atoms with E-state index in [9.17, 15) is 9.59 Å². The van der Waals surface area contributed by atoms with Crippen molar-refractivity contribution in [1.82, 2.24) is 10.2 Å². The lowest BCUT2D eigenvalue weighted by Gasteiger charge is -2.31. The van der Waals surface area contributed by atoms with Crippen molar-refractivity contribution in [3.63, 3.8) is 0 Å². The SMILES string of the molecule is CCNC(=O)c1cccc(NC(=O)CN2CCC(CCc3ccc(OC)cc3)CC2)c1. The van der Waals surface area contributed by atoms with Gasteiger partial charge < -0.3 is 15.4 Å². The Balaban J connectivity index is 1.39. The molecule has 2 N–H and O–H groups in total. The van der Waals surface area contributed by atoms with Gasteiger partial charge >= 0.3 is 0 Å². The Labute approximate surface area is 185 Å². The zero-order valence-corrected chi connectivity index (χ0v) is 18.5. The van der Waals surface area contributed by atoms with Gasteiger partial charge in [0.2, 0.25) is 5.91 Å². The Hall–Kier alpha value is -2.86. The zero-order valence-electron chi connectivity index (χ0n) is 18.5. The minimum atomic E-state index is -0.129. The Kier molecular flexibility index (Phi) is 8.47. The van der Waals surface area contributed by atoms with Crippen molar-refractivity contribution in [2.45, 2.75) is 32.6 Å². The number of rotatable bonds is 9. The fourth-order valence-corrected chi connectivity index (χ4v) is 4.00. The molecule has 0 saturated carbocycles. The number of anilines is 1. The van der Waals surface area contributed by atoms with E-state index in [1.807, 2.05) is 25.1 Å². The lowest BCUT2D eigenvalue weighted by Crippen LogP contribution is -2.39. The molecule has 3 rings (SSSR count). The van der Waals surface area contributed by atoms with Crippen molar-refractivity contribution in [2.24, 2.45) is 5.92 Å². The van der Waals surface area contributed by atoms with Gasteiger partial charge in [-0.25, -0.2) is 0 Å². The molecule has 31 heavy (non-hydrogen) atoms. The monoisotopic (exact) mass is 423 g/mol. The van der Waals surface area contributed by atoms with Gasteiger partial charge in [-0.15, -0.1) is 0 Å². The minimum absolute atomic E-state index is 0.0373. The number of aryl methyl sites for hydroxylation is 1. The molecule has 1 saturated heterocycles. The summed E-state index contributed by atoms with van der Waals surface area (Å²) in [6.07, 6.45) is 4.50. The molecule has 1 fully saturated rings. The molecule has 0 bridgehead atoms. The molecular weight excluding hydrogens is 390 g/mol. The van der Waals surface area contributed by atoms with Gasteiger partial charge in [-0.3, -0.25) is 14.5 Å². The highest BCUT2D eigenvalue weighted by Gasteiger charge is 2.21. The minimum Gasteiger partial charge on any atom is -0.497 e. The standard InChI is InChI=1S/C25H33N3O3/c1-3-26-25(30)21-5-4-6-22(17-21)27-24(29)18-28-15-13-20(14-16-28)8-7-19-9-11-23(31-2)12-10-19/h4-6,9-12,17,20H,3,7-8,13-16,18H2,1-2H3,(H,26,30)(H,27,29). The van der Waals surface area contributed by atoms with E-state index in [1.54, 1.807) is 25.3 Å². The van der Waals surface area contributed by atoms with Gasteiger partial charge in [-0.05, 0) is 87.5 Å². The maximum absolute atomic E-state index is 12.5. The molecule has 1 heterocycles. The average Bonchev–Trinajstić information content (AvgIpc) is 2.79. The number of benzene rings is 2. The summed E-state index contributed by atoms with van der Waals surface area (Å²) in [5.74, 6) is 1.43. The summed E-state index contributed by atoms with van der Waals surface area (Å²) in [7, 11) is 1.69. The first-order chi connectivity index (χ1) is 15.1. The molecule has 0 radical (unpaired) electrons. The van der Waals surface area contributed by atoms with E-state index in [-0.39, 0.29) is 11.8 Å². The highest BCUT2D eigenvalue weighted by Crippen LogP contribution is 2.23. The number of hydrogen-bond acceptors (Lipinski definition) is 4. The first kappa shape index (κ1) is 22.8. The molecule has 6 heteroatoms. The van der Waals surface area contributed by atoms with Crippen LogP contribution in [0.2, 0.25) is 0 Å². The van der Waals surface area contributed by atoms with Gasteiger partial charge in [-0.2, -0.15) is 0 Å². The van der Waals surface area contributed by atoms with Gasteiger partial charge in [0.05, 0.1) is 13.7 Å². The number of nitrogens with one attached hydrogen (secondary N) is 2. The lowest BCUT2D eigenvalue weighted by atomic mass is 9.90. The van der Waals surface area contributed by atoms with E-state index < -0.39 is 0 Å². The molecule has 1 aliphatic rings. The third-order valence-corrected chi connectivity index (χ3v) is 5.82. The largest absolute Gasteiger partial charge is 0.497 e. The fraction of sp³-hybridized carbons (Fsp3) is 0.440. The van der Waals surface area contributed by atoms with Gasteiger partial charge in [0, 0.05) is 17.8 Å². The van der Waals surface area contributed by atoms with Crippen LogP contribution in [0.15, 0.2) is 48.5 Å². The van der Waals surface area contributed by atoms with E-state index in [4.69, 9.17) is 4.74 Å². The van der Waals surface area contributed by atoms with Crippen molar-refractivity contribution in [1.29, 1.82) is 0 Å². The molecule has 0 unspecified atom stereocenters. The Morgan fingerprint density at radius 1 is 1.10 bits per heavy atom. The second-order valence-corrected chi connectivity index (χ2v) is 8.09. The van der Waals surface area contributed by atoms with Crippen LogP contribution in [0.3, 0.4) is 0 Å². The van der Waals surface area contributed by atoms with Gasteiger partial charge in [-0.1, -0.05) is 18.2 Å². The van der Waals surface area contributed by atoms with Crippen LogP contribution in [0.4, 0.5) is 5.69 Å². The third kappa shape index (κ3) is 7.10. The second kappa shape index (κ2) is 11.5. The molecular formula is C25H33N3O3. The highest BCUT2D eigenvalue weighted by molar-refractivity contribution is 5.97. The second-order valence-electron chi connectivity index (χ2n) is 8.09. The van der Waals surface area contributed by atoms with Gasteiger partial charge in [0.1, 0.15) is 5.75 Å². The number of likely N-dealkylation sites (tertiary alicyclic amines) is 1. The predicted octanol–water partition coefficient (Wildman–Crippen LogP) is 3.73. The van der Waals surface area contributed by atoms with Crippen LogP contribution in [0.5, 0.6) is 5.75 Å². The topological polar surface area (TPSA) is 70.7 Å².